The van der Waals surface area contributed by atoms with Crippen molar-refractivity contribution < 1.29 is 33.8 Å². The first-order valence-corrected chi connectivity index (χ1v) is 13.5. The summed E-state index contributed by atoms with van der Waals surface area (Å²) in [7, 11) is 0. The summed E-state index contributed by atoms with van der Waals surface area (Å²) >= 11 is 0. The number of carboxylic acids is 1. The highest BCUT2D eigenvalue weighted by Crippen LogP contribution is 2.22. The van der Waals surface area contributed by atoms with Crippen LogP contribution in [0.5, 0.6) is 0 Å². The number of hydrogen-bond donors (Lipinski definition) is 3. The molecule has 0 aliphatic carbocycles. The Balaban J connectivity index is 1.64. The first-order chi connectivity index (χ1) is 18.9. The number of hydrogen-bond acceptors (Lipinski definition) is 6. The van der Waals surface area contributed by atoms with Gasteiger partial charge >= 0.3 is 12.1 Å². The van der Waals surface area contributed by atoms with Gasteiger partial charge in [0.15, 0.2) is 0 Å². The molecular weight excluding hydrogens is 514 g/mol. The normalized spacial score (nSPS) is 16.1. The van der Waals surface area contributed by atoms with Crippen LogP contribution in [-0.4, -0.2) is 71.5 Å². The number of amides is 3. The molecule has 2 aromatic carbocycles. The van der Waals surface area contributed by atoms with Gasteiger partial charge in [0.1, 0.15) is 24.4 Å². The molecule has 3 rings (SSSR count). The fraction of sp³-hybridized carbons (Fsp3) is 0.467. The van der Waals surface area contributed by atoms with Gasteiger partial charge < -0.3 is 25.2 Å². The lowest BCUT2D eigenvalue weighted by molar-refractivity contribution is -0.138. The van der Waals surface area contributed by atoms with Gasteiger partial charge in [-0.2, -0.15) is 0 Å². The van der Waals surface area contributed by atoms with Crippen LogP contribution in [0.4, 0.5) is 4.79 Å². The van der Waals surface area contributed by atoms with Crippen LogP contribution in [0.1, 0.15) is 51.2 Å². The summed E-state index contributed by atoms with van der Waals surface area (Å²) < 4.78 is 11.2. The number of carboxylic acid groups (broad SMARTS) is 1. The van der Waals surface area contributed by atoms with E-state index in [4.69, 9.17) is 14.6 Å². The quantitative estimate of drug-likeness (QED) is 0.409. The van der Waals surface area contributed by atoms with E-state index in [0.717, 1.165) is 16.7 Å². The van der Waals surface area contributed by atoms with E-state index >= 15 is 0 Å². The number of benzene rings is 2. The standard InChI is InChI=1S/C30H39N3O7/c1-20-6-10-22(11-7-20)23-12-8-21(9-13-23)18-24(28(37)31-19-27(35)36)32-25(34)14-15-26-33(16-5-17-39-26)29(38)40-30(2,3)4/h6-13,24,26H,5,14-19H2,1-4H3,(H,31,37)(H,32,34)(H,35,36)/t24-,26?/m0/s1. The smallest absolute Gasteiger partial charge is 0.412 e. The van der Waals surface area contributed by atoms with Crippen molar-refractivity contribution in [2.45, 2.75) is 71.2 Å². The zero-order valence-corrected chi connectivity index (χ0v) is 23.6. The minimum absolute atomic E-state index is 0.000956. The molecule has 0 bridgehead atoms. The minimum Gasteiger partial charge on any atom is -0.480 e. The van der Waals surface area contributed by atoms with Crippen LogP contribution in [0.15, 0.2) is 48.5 Å². The highest BCUT2D eigenvalue weighted by atomic mass is 16.6. The Bertz CT molecular complexity index is 1170. The predicted octanol–water partition coefficient (Wildman–Crippen LogP) is 3.65. The second-order valence-electron chi connectivity index (χ2n) is 10.9. The molecule has 10 nitrogen and oxygen atoms in total. The third-order valence-electron chi connectivity index (χ3n) is 6.29. The molecule has 1 aliphatic rings. The number of nitrogens with zero attached hydrogens (tertiary/aromatic N) is 1. The zero-order chi connectivity index (χ0) is 29.3. The Hall–Kier alpha value is -3.92. The highest BCUT2D eigenvalue weighted by molar-refractivity contribution is 5.89. The Morgan fingerprint density at radius 2 is 1.68 bits per heavy atom. The van der Waals surface area contributed by atoms with Gasteiger partial charge in [0.25, 0.3) is 0 Å². The Labute approximate surface area is 235 Å². The third kappa shape index (κ3) is 9.68. The minimum atomic E-state index is -1.18. The molecule has 2 aromatic rings. The first-order valence-electron chi connectivity index (χ1n) is 13.5. The summed E-state index contributed by atoms with van der Waals surface area (Å²) in [4.78, 5) is 50.8. The van der Waals surface area contributed by atoms with Gasteiger partial charge in [-0.15, -0.1) is 0 Å². The maximum atomic E-state index is 12.9. The average Bonchev–Trinajstić information content (AvgIpc) is 2.90. The van der Waals surface area contributed by atoms with Crippen LogP contribution in [0.3, 0.4) is 0 Å². The lowest BCUT2D eigenvalue weighted by atomic mass is 9.99. The average molecular weight is 554 g/mol. The largest absolute Gasteiger partial charge is 0.480 e. The molecule has 1 fully saturated rings. The first kappa shape index (κ1) is 30.6. The summed E-state index contributed by atoms with van der Waals surface area (Å²) in [6, 6.07) is 14.8. The van der Waals surface area contributed by atoms with Gasteiger partial charge in [0, 0.05) is 25.8 Å². The molecule has 40 heavy (non-hydrogen) atoms. The van der Waals surface area contributed by atoms with Crippen molar-refractivity contribution in [2.75, 3.05) is 19.7 Å². The number of rotatable bonds is 10. The van der Waals surface area contributed by atoms with Gasteiger partial charge in [-0.25, -0.2) is 4.79 Å². The van der Waals surface area contributed by atoms with Crippen LogP contribution >= 0.6 is 0 Å². The predicted molar refractivity (Wildman–Crippen MR) is 149 cm³/mol. The van der Waals surface area contributed by atoms with Crippen LogP contribution in [-0.2, 0) is 30.3 Å². The van der Waals surface area contributed by atoms with Crippen molar-refractivity contribution in [1.29, 1.82) is 0 Å². The second-order valence-corrected chi connectivity index (χ2v) is 10.9. The third-order valence-corrected chi connectivity index (χ3v) is 6.29. The molecule has 3 amide bonds. The van der Waals surface area contributed by atoms with E-state index in [-0.39, 0.29) is 19.3 Å². The zero-order valence-electron chi connectivity index (χ0n) is 23.6. The maximum absolute atomic E-state index is 12.9. The van der Waals surface area contributed by atoms with Crippen LogP contribution < -0.4 is 10.6 Å². The molecule has 2 atom stereocenters. The molecule has 0 aromatic heterocycles. The van der Waals surface area contributed by atoms with Gasteiger partial charge in [-0.1, -0.05) is 54.1 Å². The van der Waals surface area contributed by atoms with Gasteiger partial charge in [0.05, 0.1) is 6.61 Å². The summed E-state index contributed by atoms with van der Waals surface area (Å²) in [5.74, 6) is -2.19. The van der Waals surface area contributed by atoms with Crippen LogP contribution in [0, 0.1) is 6.92 Å². The van der Waals surface area contributed by atoms with Crippen molar-refractivity contribution >= 4 is 23.9 Å². The summed E-state index contributed by atoms with van der Waals surface area (Å²) in [5.41, 5.74) is 3.39. The number of nitrogens with one attached hydrogen (secondary N) is 2. The summed E-state index contributed by atoms with van der Waals surface area (Å²) in [6.07, 6.45) is -0.0643. The van der Waals surface area contributed by atoms with E-state index in [9.17, 15) is 19.2 Å². The molecular formula is C30H39N3O7. The molecule has 0 radical (unpaired) electrons. The highest BCUT2D eigenvalue weighted by Gasteiger charge is 2.32. The number of aliphatic carboxylic acids is 1. The molecule has 1 aliphatic heterocycles. The molecule has 1 unspecified atom stereocenters. The van der Waals surface area contributed by atoms with Gasteiger partial charge in [-0.3, -0.25) is 19.3 Å². The summed E-state index contributed by atoms with van der Waals surface area (Å²) in [5, 5.41) is 14.1. The number of aryl methyl sites for hydroxylation is 1. The molecule has 1 saturated heterocycles. The second kappa shape index (κ2) is 13.9. The lowest BCUT2D eigenvalue weighted by Gasteiger charge is -2.36. The molecule has 1 heterocycles. The van der Waals surface area contributed by atoms with E-state index in [1.807, 2.05) is 55.5 Å². The Kier molecular flexibility index (Phi) is 10.7. The lowest BCUT2D eigenvalue weighted by Crippen LogP contribution is -2.50. The van der Waals surface area contributed by atoms with Crippen LogP contribution in [0.2, 0.25) is 0 Å². The van der Waals surface area contributed by atoms with Crippen molar-refractivity contribution in [2.24, 2.45) is 0 Å². The van der Waals surface area contributed by atoms with E-state index in [2.05, 4.69) is 10.6 Å². The van der Waals surface area contributed by atoms with Crippen molar-refractivity contribution in [1.82, 2.24) is 15.5 Å². The summed E-state index contributed by atoms with van der Waals surface area (Å²) in [6.45, 7) is 7.73. The van der Waals surface area contributed by atoms with Crippen molar-refractivity contribution in [3.05, 3.63) is 59.7 Å². The molecule has 3 N–H and O–H groups in total. The van der Waals surface area contributed by atoms with E-state index in [1.165, 1.54) is 10.5 Å². The van der Waals surface area contributed by atoms with Crippen LogP contribution in [0.25, 0.3) is 11.1 Å². The van der Waals surface area contributed by atoms with Gasteiger partial charge in [0.2, 0.25) is 11.8 Å². The number of ether oxygens (including phenoxy) is 2. The molecule has 10 heteroatoms. The van der Waals surface area contributed by atoms with E-state index in [1.54, 1.807) is 20.8 Å². The Morgan fingerprint density at radius 3 is 2.27 bits per heavy atom. The van der Waals surface area contributed by atoms with Crippen molar-refractivity contribution in [3.8, 4) is 11.1 Å². The van der Waals surface area contributed by atoms with Crippen molar-refractivity contribution in [3.63, 3.8) is 0 Å². The monoisotopic (exact) mass is 553 g/mol. The topological polar surface area (TPSA) is 134 Å². The fourth-order valence-electron chi connectivity index (χ4n) is 4.29. The fourth-order valence-corrected chi connectivity index (χ4v) is 4.29. The van der Waals surface area contributed by atoms with Gasteiger partial charge in [-0.05, 0) is 50.8 Å². The number of carbonyl (C=O) groups excluding carboxylic acids is 3. The number of carbonyl (C=O) groups is 4. The van der Waals surface area contributed by atoms with E-state index in [0.29, 0.717) is 19.6 Å². The molecule has 0 saturated carbocycles. The van der Waals surface area contributed by atoms with E-state index < -0.39 is 48.3 Å². The Morgan fingerprint density at radius 1 is 1.05 bits per heavy atom. The SMILES string of the molecule is Cc1ccc(-c2ccc(C[C@H](NC(=O)CCC3OCCCN3C(=O)OC(C)(C)C)C(=O)NCC(=O)O)cc2)cc1. The maximum Gasteiger partial charge on any atom is 0.412 e. The molecule has 216 valence electrons. The molecule has 0 spiro atoms.